The van der Waals surface area contributed by atoms with Gasteiger partial charge in [-0.25, -0.2) is 8.42 Å². The maximum Gasteiger partial charge on any atom is 0.271 e. The molecular weight excluding hydrogens is 334 g/mol. The van der Waals surface area contributed by atoms with Crippen molar-refractivity contribution in [3.05, 3.63) is 45.2 Å². The molecule has 0 unspecified atom stereocenters. The second-order valence-corrected chi connectivity index (χ2v) is 7.72. The molecule has 2 aromatic rings. The Labute approximate surface area is 119 Å². The molecule has 3 nitrogen and oxygen atoms in total. The summed E-state index contributed by atoms with van der Waals surface area (Å²) in [5.74, 6) is 0. The summed E-state index contributed by atoms with van der Waals surface area (Å²) in [7, 11) is -3.47. The lowest BCUT2D eigenvalue weighted by Crippen LogP contribution is -2.13. The highest BCUT2D eigenvalue weighted by atomic mass is 79.9. The molecule has 0 amide bonds. The average molecular weight is 346 g/mol. The van der Waals surface area contributed by atoms with E-state index >= 15 is 0 Å². The Hall–Kier alpha value is -0.850. The molecule has 1 aromatic carbocycles. The SMILES string of the molecule is Cc1cc(Br)cc(C)c1NS(=O)(=O)c1cccs1. The zero-order valence-corrected chi connectivity index (χ0v) is 13.1. The molecule has 0 atom stereocenters. The predicted molar refractivity (Wildman–Crippen MR) is 78.7 cm³/mol. The Bertz CT molecular complexity index is 640. The highest BCUT2D eigenvalue weighted by molar-refractivity contribution is 9.10. The molecule has 0 saturated heterocycles. The summed E-state index contributed by atoms with van der Waals surface area (Å²) in [5, 5.41) is 1.75. The van der Waals surface area contributed by atoms with Crippen molar-refractivity contribution in [1.29, 1.82) is 0 Å². The van der Waals surface area contributed by atoms with Crippen LogP contribution in [0, 0.1) is 13.8 Å². The van der Waals surface area contributed by atoms with Gasteiger partial charge in [-0.15, -0.1) is 11.3 Å². The van der Waals surface area contributed by atoms with Gasteiger partial charge < -0.3 is 0 Å². The second kappa shape index (κ2) is 5.03. The standard InChI is InChI=1S/C12H12BrNO2S2/c1-8-6-10(13)7-9(2)12(8)14-18(15,16)11-4-3-5-17-11/h3-7,14H,1-2H3. The first-order valence-corrected chi connectivity index (χ1v) is 8.39. The molecule has 1 N–H and O–H groups in total. The summed E-state index contributed by atoms with van der Waals surface area (Å²) in [6.07, 6.45) is 0. The molecule has 0 aliphatic heterocycles. The Kier molecular flexibility index (Phi) is 3.79. The van der Waals surface area contributed by atoms with E-state index in [4.69, 9.17) is 0 Å². The van der Waals surface area contributed by atoms with Gasteiger partial charge in [-0.2, -0.15) is 0 Å². The van der Waals surface area contributed by atoms with E-state index in [1.807, 2.05) is 26.0 Å². The first kappa shape index (κ1) is 13.6. The fraction of sp³-hybridized carbons (Fsp3) is 0.167. The molecule has 6 heteroatoms. The number of anilines is 1. The van der Waals surface area contributed by atoms with Crippen molar-refractivity contribution in [1.82, 2.24) is 0 Å². The quantitative estimate of drug-likeness (QED) is 0.915. The van der Waals surface area contributed by atoms with Gasteiger partial charge in [-0.3, -0.25) is 4.72 Å². The minimum atomic E-state index is -3.47. The molecule has 0 fully saturated rings. The van der Waals surface area contributed by atoms with Gasteiger partial charge in [0.25, 0.3) is 10.0 Å². The van der Waals surface area contributed by atoms with Crippen LogP contribution in [0.1, 0.15) is 11.1 Å². The van der Waals surface area contributed by atoms with Crippen LogP contribution < -0.4 is 4.72 Å². The van der Waals surface area contributed by atoms with Gasteiger partial charge in [0.1, 0.15) is 4.21 Å². The average Bonchev–Trinajstić information content (AvgIpc) is 2.77. The number of sulfonamides is 1. The van der Waals surface area contributed by atoms with Crippen LogP contribution in [0.25, 0.3) is 0 Å². The Morgan fingerprint density at radius 3 is 2.33 bits per heavy atom. The summed E-state index contributed by atoms with van der Waals surface area (Å²) >= 11 is 4.59. The van der Waals surface area contributed by atoms with Crippen LogP contribution in [0.15, 0.2) is 38.3 Å². The lowest BCUT2D eigenvalue weighted by Gasteiger charge is -2.12. The van der Waals surface area contributed by atoms with E-state index in [0.29, 0.717) is 9.90 Å². The van der Waals surface area contributed by atoms with Gasteiger partial charge in [-0.05, 0) is 48.6 Å². The number of hydrogen-bond donors (Lipinski definition) is 1. The Morgan fingerprint density at radius 1 is 1.22 bits per heavy atom. The van der Waals surface area contributed by atoms with E-state index in [2.05, 4.69) is 20.7 Å². The first-order chi connectivity index (χ1) is 8.40. The van der Waals surface area contributed by atoms with E-state index in [9.17, 15) is 8.42 Å². The minimum Gasteiger partial charge on any atom is -0.278 e. The Morgan fingerprint density at radius 2 is 1.83 bits per heavy atom. The van der Waals surface area contributed by atoms with Crippen molar-refractivity contribution in [2.75, 3.05) is 4.72 Å². The maximum atomic E-state index is 12.1. The third kappa shape index (κ3) is 2.76. The highest BCUT2D eigenvalue weighted by Crippen LogP contribution is 2.28. The largest absolute Gasteiger partial charge is 0.278 e. The summed E-state index contributed by atoms with van der Waals surface area (Å²) in [6.45, 7) is 3.76. The molecule has 0 radical (unpaired) electrons. The normalized spacial score (nSPS) is 11.5. The first-order valence-electron chi connectivity index (χ1n) is 5.23. The van der Waals surface area contributed by atoms with E-state index in [1.165, 1.54) is 11.3 Å². The molecule has 18 heavy (non-hydrogen) atoms. The van der Waals surface area contributed by atoms with Gasteiger partial charge in [0, 0.05) is 4.47 Å². The number of benzene rings is 1. The van der Waals surface area contributed by atoms with Crippen molar-refractivity contribution >= 4 is 43.0 Å². The van der Waals surface area contributed by atoms with E-state index in [-0.39, 0.29) is 0 Å². The van der Waals surface area contributed by atoms with Crippen LogP contribution >= 0.6 is 27.3 Å². The van der Waals surface area contributed by atoms with Crippen molar-refractivity contribution in [3.8, 4) is 0 Å². The van der Waals surface area contributed by atoms with Gasteiger partial charge in [0.15, 0.2) is 0 Å². The molecule has 1 aromatic heterocycles. The third-order valence-corrected chi connectivity index (χ3v) is 5.70. The summed E-state index contributed by atoms with van der Waals surface area (Å²) < 4.78 is 28.2. The van der Waals surface area contributed by atoms with Crippen molar-refractivity contribution in [2.24, 2.45) is 0 Å². The second-order valence-electron chi connectivity index (χ2n) is 3.95. The lowest BCUT2D eigenvalue weighted by molar-refractivity contribution is 0.603. The monoisotopic (exact) mass is 345 g/mol. The molecule has 2 rings (SSSR count). The maximum absolute atomic E-state index is 12.1. The van der Waals surface area contributed by atoms with Crippen LogP contribution in [-0.4, -0.2) is 8.42 Å². The highest BCUT2D eigenvalue weighted by Gasteiger charge is 2.17. The van der Waals surface area contributed by atoms with Crippen LogP contribution in [0.2, 0.25) is 0 Å². The van der Waals surface area contributed by atoms with E-state index < -0.39 is 10.0 Å². The Balaban J connectivity index is 2.42. The fourth-order valence-electron chi connectivity index (χ4n) is 1.67. The molecule has 0 bridgehead atoms. The van der Waals surface area contributed by atoms with Gasteiger partial charge in [0.05, 0.1) is 5.69 Å². The van der Waals surface area contributed by atoms with Crippen molar-refractivity contribution in [3.63, 3.8) is 0 Å². The smallest absolute Gasteiger partial charge is 0.271 e. The number of halogens is 1. The molecule has 0 aliphatic carbocycles. The summed E-state index contributed by atoms with van der Waals surface area (Å²) in [6, 6.07) is 7.09. The van der Waals surface area contributed by atoms with Crippen LogP contribution in [0.4, 0.5) is 5.69 Å². The van der Waals surface area contributed by atoms with Crippen LogP contribution in [-0.2, 0) is 10.0 Å². The molecule has 0 saturated carbocycles. The third-order valence-electron chi connectivity index (χ3n) is 2.49. The van der Waals surface area contributed by atoms with Gasteiger partial charge in [-0.1, -0.05) is 22.0 Å². The molecule has 0 spiro atoms. The lowest BCUT2D eigenvalue weighted by atomic mass is 10.1. The van der Waals surface area contributed by atoms with Gasteiger partial charge >= 0.3 is 0 Å². The van der Waals surface area contributed by atoms with E-state index in [0.717, 1.165) is 15.6 Å². The van der Waals surface area contributed by atoms with Crippen LogP contribution in [0.5, 0.6) is 0 Å². The van der Waals surface area contributed by atoms with Crippen LogP contribution in [0.3, 0.4) is 0 Å². The van der Waals surface area contributed by atoms with Gasteiger partial charge in [0.2, 0.25) is 0 Å². The topological polar surface area (TPSA) is 46.2 Å². The zero-order valence-electron chi connectivity index (χ0n) is 9.90. The minimum absolute atomic E-state index is 0.323. The number of aryl methyl sites for hydroxylation is 2. The molecule has 96 valence electrons. The van der Waals surface area contributed by atoms with E-state index in [1.54, 1.807) is 17.5 Å². The number of nitrogens with one attached hydrogen (secondary N) is 1. The number of rotatable bonds is 3. The number of thiophene rings is 1. The zero-order chi connectivity index (χ0) is 13.3. The molecule has 1 heterocycles. The predicted octanol–water partition coefficient (Wildman–Crippen LogP) is 3.93. The van der Waals surface area contributed by atoms with Crippen molar-refractivity contribution < 1.29 is 8.42 Å². The summed E-state index contributed by atoms with van der Waals surface area (Å²) in [4.78, 5) is 0. The van der Waals surface area contributed by atoms with Crippen molar-refractivity contribution in [2.45, 2.75) is 18.1 Å². The molecule has 0 aliphatic rings. The molecular formula is C12H12BrNO2S2. The summed E-state index contributed by atoms with van der Waals surface area (Å²) in [5.41, 5.74) is 2.43. The number of hydrogen-bond acceptors (Lipinski definition) is 3. The fourth-order valence-corrected chi connectivity index (χ4v) is 4.56.